The predicted octanol–water partition coefficient (Wildman–Crippen LogP) is 3.40. The highest BCUT2D eigenvalue weighted by atomic mass is 16.2. The molecule has 1 saturated heterocycles. The van der Waals surface area contributed by atoms with Gasteiger partial charge < -0.3 is 14.7 Å². The Morgan fingerprint density at radius 1 is 1.00 bits per heavy atom. The van der Waals surface area contributed by atoms with Gasteiger partial charge in [0.25, 0.3) is 5.91 Å². The fraction of sp³-hybridized carbons (Fsp3) is 0.391. The number of hydrogen-bond donors (Lipinski definition) is 0. The van der Waals surface area contributed by atoms with Crippen LogP contribution in [0, 0.1) is 0 Å². The van der Waals surface area contributed by atoms with Gasteiger partial charge in [-0.15, -0.1) is 0 Å². The predicted molar refractivity (Wildman–Crippen MR) is 112 cm³/mol. The first-order valence-electron chi connectivity index (χ1n) is 10.0. The van der Waals surface area contributed by atoms with Crippen LogP contribution in [0.1, 0.15) is 36.4 Å². The second kappa shape index (κ2) is 7.66. The van der Waals surface area contributed by atoms with Gasteiger partial charge in [-0.1, -0.05) is 30.3 Å². The fourth-order valence-electron chi connectivity index (χ4n) is 4.23. The summed E-state index contributed by atoms with van der Waals surface area (Å²) in [5.41, 5.74) is 4.19. The molecule has 2 heterocycles. The Morgan fingerprint density at radius 2 is 1.79 bits per heavy atom. The Hall–Kier alpha value is -2.82. The van der Waals surface area contributed by atoms with E-state index in [0.29, 0.717) is 19.5 Å². The fourth-order valence-corrected chi connectivity index (χ4v) is 4.23. The van der Waals surface area contributed by atoms with Gasteiger partial charge in [0.15, 0.2) is 0 Å². The lowest BCUT2D eigenvalue weighted by Crippen LogP contribution is -2.47. The first kappa shape index (κ1) is 18.5. The molecule has 2 aromatic rings. The van der Waals surface area contributed by atoms with E-state index >= 15 is 0 Å². The molecule has 146 valence electrons. The summed E-state index contributed by atoms with van der Waals surface area (Å²) in [5.74, 6) is 0.0774. The van der Waals surface area contributed by atoms with Gasteiger partial charge in [0.2, 0.25) is 5.91 Å². The van der Waals surface area contributed by atoms with Crippen LogP contribution in [0.3, 0.4) is 0 Å². The molecule has 1 atom stereocenters. The standard InChI is InChI=1S/C23H27N3O2/c1-24(2)19-11-12-20-18(16-19)13-15-25(20)23(28)22(17-8-4-3-5-9-17)26-14-7-6-10-21(26)27/h3-5,8-9,11-12,16,22H,6-7,10,13-15H2,1-2H3. The summed E-state index contributed by atoms with van der Waals surface area (Å²) in [6.07, 6.45) is 3.23. The number of benzene rings is 2. The molecule has 2 aromatic carbocycles. The number of carbonyl (C=O) groups is 2. The molecule has 1 unspecified atom stereocenters. The van der Waals surface area contributed by atoms with Crippen molar-refractivity contribution in [3.63, 3.8) is 0 Å². The van der Waals surface area contributed by atoms with Gasteiger partial charge >= 0.3 is 0 Å². The van der Waals surface area contributed by atoms with E-state index in [1.54, 1.807) is 4.90 Å². The molecule has 0 bridgehead atoms. The third-order valence-electron chi connectivity index (χ3n) is 5.76. The maximum absolute atomic E-state index is 13.7. The lowest BCUT2D eigenvalue weighted by molar-refractivity contribution is -0.141. The minimum atomic E-state index is -0.548. The highest BCUT2D eigenvalue weighted by Gasteiger charge is 2.37. The summed E-state index contributed by atoms with van der Waals surface area (Å²) in [4.78, 5) is 32.1. The number of carbonyl (C=O) groups excluding carboxylic acids is 2. The van der Waals surface area contributed by atoms with Gasteiger partial charge in [-0.2, -0.15) is 0 Å². The van der Waals surface area contributed by atoms with Crippen molar-refractivity contribution in [1.29, 1.82) is 0 Å². The van der Waals surface area contributed by atoms with Crippen LogP contribution in [0.5, 0.6) is 0 Å². The van der Waals surface area contributed by atoms with E-state index in [9.17, 15) is 9.59 Å². The molecule has 1 fully saturated rings. The molecule has 28 heavy (non-hydrogen) atoms. The summed E-state index contributed by atoms with van der Waals surface area (Å²) >= 11 is 0. The van der Waals surface area contributed by atoms with Gasteiger partial charge in [0.1, 0.15) is 6.04 Å². The lowest BCUT2D eigenvalue weighted by Gasteiger charge is -2.36. The zero-order valence-electron chi connectivity index (χ0n) is 16.6. The Kier molecular flexibility index (Phi) is 5.07. The van der Waals surface area contributed by atoms with Crippen molar-refractivity contribution < 1.29 is 9.59 Å². The molecule has 2 aliphatic rings. The van der Waals surface area contributed by atoms with E-state index in [-0.39, 0.29) is 11.8 Å². The molecular weight excluding hydrogens is 350 g/mol. The van der Waals surface area contributed by atoms with Crippen LogP contribution in [-0.4, -0.2) is 43.9 Å². The largest absolute Gasteiger partial charge is 0.378 e. The number of nitrogens with zero attached hydrogens (tertiary/aromatic N) is 3. The quantitative estimate of drug-likeness (QED) is 0.820. The molecule has 0 radical (unpaired) electrons. The molecule has 0 spiro atoms. The average molecular weight is 377 g/mol. The van der Waals surface area contributed by atoms with E-state index in [2.05, 4.69) is 11.0 Å². The molecule has 0 aliphatic carbocycles. The molecule has 4 rings (SSSR count). The average Bonchev–Trinajstić information content (AvgIpc) is 3.13. The van der Waals surface area contributed by atoms with Crippen molar-refractivity contribution in [3.8, 4) is 0 Å². The molecule has 2 aliphatic heterocycles. The minimum Gasteiger partial charge on any atom is -0.378 e. The third-order valence-corrected chi connectivity index (χ3v) is 5.76. The smallest absolute Gasteiger partial charge is 0.254 e. The minimum absolute atomic E-state index is 0.00203. The third kappa shape index (κ3) is 3.37. The van der Waals surface area contributed by atoms with E-state index in [1.807, 2.05) is 61.5 Å². The van der Waals surface area contributed by atoms with Crippen molar-refractivity contribution in [1.82, 2.24) is 4.90 Å². The van der Waals surface area contributed by atoms with Crippen LogP contribution in [0.25, 0.3) is 0 Å². The molecule has 0 aromatic heterocycles. The van der Waals surface area contributed by atoms with Gasteiger partial charge in [-0.05, 0) is 48.6 Å². The normalized spacial score (nSPS) is 17.4. The number of likely N-dealkylation sites (tertiary alicyclic amines) is 1. The van der Waals surface area contributed by atoms with Gasteiger partial charge in [0.05, 0.1) is 0 Å². The van der Waals surface area contributed by atoms with Crippen molar-refractivity contribution in [2.75, 3.05) is 37.0 Å². The van der Waals surface area contributed by atoms with Crippen LogP contribution < -0.4 is 9.80 Å². The number of fused-ring (bicyclic) bond motifs is 1. The summed E-state index contributed by atoms with van der Waals surface area (Å²) in [7, 11) is 4.04. The van der Waals surface area contributed by atoms with Crippen molar-refractivity contribution in [3.05, 3.63) is 59.7 Å². The van der Waals surface area contributed by atoms with Crippen LogP contribution in [0.4, 0.5) is 11.4 Å². The Labute approximate surface area is 166 Å². The number of amides is 2. The number of rotatable bonds is 4. The topological polar surface area (TPSA) is 43.9 Å². The summed E-state index contributed by atoms with van der Waals surface area (Å²) in [6.45, 7) is 1.31. The van der Waals surface area contributed by atoms with E-state index in [0.717, 1.165) is 36.2 Å². The van der Waals surface area contributed by atoms with Crippen molar-refractivity contribution >= 4 is 23.2 Å². The Morgan fingerprint density at radius 3 is 2.50 bits per heavy atom. The monoisotopic (exact) mass is 377 g/mol. The summed E-state index contributed by atoms with van der Waals surface area (Å²) in [6, 6.07) is 15.4. The van der Waals surface area contributed by atoms with Gasteiger partial charge in [-0.3, -0.25) is 9.59 Å². The first-order chi connectivity index (χ1) is 13.6. The zero-order chi connectivity index (χ0) is 19.7. The van der Waals surface area contributed by atoms with Crippen LogP contribution >= 0.6 is 0 Å². The lowest BCUT2D eigenvalue weighted by atomic mass is 10.00. The van der Waals surface area contributed by atoms with E-state index < -0.39 is 6.04 Å². The second-order valence-electron chi connectivity index (χ2n) is 7.80. The van der Waals surface area contributed by atoms with Gasteiger partial charge in [0, 0.05) is 45.0 Å². The molecule has 5 heteroatoms. The van der Waals surface area contributed by atoms with Gasteiger partial charge in [-0.25, -0.2) is 0 Å². The molecule has 2 amide bonds. The Bertz CT molecular complexity index is 879. The van der Waals surface area contributed by atoms with Crippen molar-refractivity contribution in [2.45, 2.75) is 31.7 Å². The van der Waals surface area contributed by atoms with Crippen molar-refractivity contribution in [2.24, 2.45) is 0 Å². The molecule has 5 nitrogen and oxygen atoms in total. The molecule has 0 N–H and O–H groups in total. The van der Waals surface area contributed by atoms with Crippen LogP contribution in [-0.2, 0) is 16.0 Å². The second-order valence-corrected chi connectivity index (χ2v) is 7.80. The number of piperidine rings is 1. The SMILES string of the molecule is CN(C)c1ccc2c(c1)CCN2C(=O)C(c1ccccc1)N1CCCCC1=O. The summed E-state index contributed by atoms with van der Waals surface area (Å²) < 4.78 is 0. The number of hydrogen-bond acceptors (Lipinski definition) is 3. The summed E-state index contributed by atoms with van der Waals surface area (Å²) in [5, 5.41) is 0. The molecule has 0 saturated carbocycles. The van der Waals surface area contributed by atoms with Crippen LogP contribution in [0.2, 0.25) is 0 Å². The molecular formula is C23H27N3O2. The number of anilines is 2. The first-order valence-corrected chi connectivity index (χ1v) is 10.0. The zero-order valence-corrected chi connectivity index (χ0v) is 16.6. The maximum Gasteiger partial charge on any atom is 0.254 e. The van der Waals surface area contributed by atoms with Crippen LogP contribution in [0.15, 0.2) is 48.5 Å². The highest BCUT2D eigenvalue weighted by Crippen LogP contribution is 2.35. The van der Waals surface area contributed by atoms with E-state index in [1.165, 1.54) is 5.56 Å². The van der Waals surface area contributed by atoms with E-state index in [4.69, 9.17) is 0 Å². The maximum atomic E-state index is 13.7. The highest BCUT2D eigenvalue weighted by molar-refractivity contribution is 6.01. The Balaban J connectivity index is 1.68.